The molecule has 1 aromatic carbocycles. The number of nitriles is 1. The number of furan rings is 1. The van der Waals surface area contributed by atoms with Crippen LogP contribution in [0.15, 0.2) is 40.8 Å². The normalized spacial score (nSPS) is 14.8. The second kappa shape index (κ2) is 8.90. The summed E-state index contributed by atoms with van der Waals surface area (Å²) in [7, 11) is 0. The van der Waals surface area contributed by atoms with Crippen LogP contribution in [0, 0.1) is 27.4 Å². The molecule has 3 aromatic rings. The van der Waals surface area contributed by atoms with Gasteiger partial charge in [0.25, 0.3) is 11.6 Å². The Balaban J connectivity index is 1.48. The largest absolute Gasteiger partial charge is 0.451 e. The van der Waals surface area contributed by atoms with Crippen LogP contribution in [0.25, 0.3) is 11.3 Å². The van der Waals surface area contributed by atoms with Gasteiger partial charge >= 0.3 is 0 Å². The summed E-state index contributed by atoms with van der Waals surface area (Å²) < 4.78 is 5.54. The molecule has 1 amide bonds. The number of benzene rings is 1. The van der Waals surface area contributed by atoms with E-state index in [1.807, 2.05) is 0 Å². The van der Waals surface area contributed by atoms with E-state index in [4.69, 9.17) is 16.6 Å². The van der Waals surface area contributed by atoms with Gasteiger partial charge in [0, 0.05) is 10.9 Å². The van der Waals surface area contributed by atoms with Crippen molar-refractivity contribution in [3.63, 3.8) is 0 Å². The van der Waals surface area contributed by atoms with Crippen molar-refractivity contribution in [1.29, 1.82) is 5.26 Å². The third kappa shape index (κ3) is 4.26. The molecule has 2 N–H and O–H groups in total. The number of para-hydroxylation sites is 1. The minimum atomic E-state index is -0.596. The van der Waals surface area contributed by atoms with Crippen LogP contribution in [0.3, 0.4) is 0 Å². The lowest BCUT2D eigenvalue weighted by molar-refractivity contribution is -0.384. The Morgan fingerprint density at radius 3 is 2.88 bits per heavy atom. The van der Waals surface area contributed by atoms with Gasteiger partial charge in [0.2, 0.25) is 0 Å². The predicted octanol–water partition coefficient (Wildman–Crippen LogP) is 5.04. The Labute approximate surface area is 193 Å². The molecule has 1 aliphatic carbocycles. The van der Waals surface area contributed by atoms with Gasteiger partial charge in [-0.15, -0.1) is 11.3 Å². The average Bonchev–Trinajstić information content (AvgIpc) is 3.37. The summed E-state index contributed by atoms with van der Waals surface area (Å²) in [4.78, 5) is 24.5. The lowest BCUT2D eigenvalue weighted by atomic mass is 9.89. The molecule has 1 atom stereocenters. The van der Waals surface area contributed by atoms with Gasteiger partial charge in [-0.2, -0.15) is 5.26 Å². The van der Waals surface area contributed by atoms with E-state index in [2.05, 4.69) is 23.6 Å². The Morgan fingerprint density at radius 2 is 2.12 bits per heavy atom. The van der Waals surface area contributed by atoms with Crippen LogP contribution in [0.4, 0.5) is 10.7 Å². The fourth-order valence-electron chi connectivity index (χ4n) is 3.70. The Hall–Kier alpha value is -3.55. The van der Waals surface area contributed by atoms with Crippen molar-refractivity contribution in [3.8, 4) is 17.4 Å². The first-order chi connectivity index (χ1) is 15.4. The highest BCUT2D eigenvalue weighted by Crippen LogP contribution is 2.39. The number of thiophene rings is 1. The van der Waals surface area contributed by atoms with Crippen molar-refractivity contribution in [2.75, 3.05) is 5.32 Å². The lowest BCUT2D eigenvalue weighted by Gasteiger charge is -2.17. The molecule has 0 bridgehead atoms. The lowest BCUT2D eigenvalue weighted by Crippen LogP contribution is -2.33. The zero-order chi connectivity index (χ0) is 22.8. The Bertz CT molecular complexity index is 1270. The number of nitrogens with zero attached hydrogens (tertiary/aromatic N) is 2. The topological polar surface area (TPSA) is 121 Å². The molecular weight excluding hydrogens is 448 g/mol. The van der Waals surface area contributed by atoms with E-state index in [0.717, 1.165) is 24.8 Å². The number of nitro benzene ring substituents is 1. The highest BCUT2D eigenvalue weighted by molar-refractivity contribution is 7.80. The van der Waals surface area contributed by atoms with Gasteiger partial charge in [0.1, 0.15) is 16.8 Å². The number of carbonyl (C=O) groups excluding carboxylic acids is 1. The second-order valence-corrected chi connectivity index (χ2v) is 9.03. The van der Waals surface area contributed by atoms with Crippen LogP contribution in [0.1, 0.15) is 39.9 Å². The van der Waals surface area contributed by atoms with E-state index in [0.29, 0.717) is 16.5 Å². The van der Waals surface area contributed by atoms with Crippen LogP contribution >= 0.6 is 23.6 Å². The number of rotatable bonds is 4. The number of thiocarbonyl (C=S) groups is 1. The molecule has 0 aliphatic heterocycles. The van der Waals surface area contributed by atoms with E-state index >= 15 is 0 Å². The molecular formula is C22H18N4O4S2. The quantitative estimate of drug-likeness (QED) is 0.314. The number of fused-ring (bicyclic) bond motifs is 1. The van der Waals surface area contributed by atoms with E-state index in [-0.39, 0.29) is 27.9 Å². The molecule has 8 nitrogen and oxygen atoms in total. The molecule has 0 saturated heterocycles. The van der Waals surface area contributed by atoms with Gasteiger partial charge < -0.3 is 9.73 Å². The molecule has 0 unspecified atom stereocenters. The highest BCUT2D eigenvalue weighted by Gasteiger charge is 2.25. The summed E-state index contributed by atoms with van der Waals surface area (Å²) in [6, 6.07) is 11.3. The second-order valence-electron chi connectivity index (χ2n) is 7.51. The van der Waals surface area contributed by atoms with Crippen molar-refractivity contribution < 1.29 is 14.1 Å². The van der Waals surface area contributed by atoms with Gasteiger partial charge in [-0.25, -0.2) is 0 Å². The SMILES string of the molecule is C[C@H]1CCc2c(sc(NC(=S)NC(=O)c3ccc(-c4ccccc4[N+](=O)[O-])o3)c2C#N)C1. The van der Waals surface area contributed by atoms with Gasteiger partial charge in [0.15, 0.2) is 10.9 Å². The van der Waals surface area contributed by atoms with Gasteiger partial charge in [-0.1, -0.05) is 19.1 Å². The van der Waals surface area contributed by atoms with E-state index in [9.17, 15) is 20.2 Å². The zero-order valence-electron chi connectivity index (χ0n) is 17.0. The smallest absolute Gasteiger partial charge is 0.293 e. The van der Waals surface area contributed by atoms with Crippen LogP contribution in [-0.4, -0.2) is 15.9 Å². The Kier molecular flexibility index (Phi) is 6.03. The summed E-state index contributed by atoms with van der Waals surface area (Å²) in [6.45, 7) is 2.19. The van der Waals surface area contributed by atoms with E-state index < -0.39 is 10.8 Å². The highest BCUT2D eigenvalue weighted by atomic mass is 32.1. The number of hydrogen-bond donors (Lipinski definition) is 2. The van der Waals surface area contributed by atoms with Crippen LogP contribution in [0.5, 0.6) is 0 Å². The third-order valence-corrected chi connectivity index (χ3v) is 6.65. The molecule has 0 fully saturated rings. The molecule has 0 saturated carbocycles. The van der Waals surface area contributed by atoms with Crippen molar-refractivity contribution >= 4 is 45.3 Å². The maximum atomic E-state index is 12.6. The summed E-state index contributed by atoms with van der Waals surface area (Å²) in [5, 5.41) is 27.0. The first kappa shape index (κ1) is 21.7. The number of anilines is 1. The molecule has 0 spiro atoms. The van der Waals surface area contributed by atoms with Crippen molar-refractivity contribution in [1.82, 2.24) is 5.32 Å². The molecule has 0 radical (unpaired) electrons. The van der Waals surface area contributed by atoms with Gasteiger partial charge in [-0.05, 0) is 61.2 Å². The summed E-state index contributed by atoms with van der Waals surface area (Å²) in [5.74, 6) is 0.136. The zero-order valence-corrected chi connectivity index (χ0v) is 18.6. The van der Waals surface area contributed by atoms with Gasteiger partial charge in [0.05, 0.1) is 16.1 Å². The maximum absolute atomic E-state index is 12.6. The van der Waals surface area contributed by atoms with Crippen molar-refractivity contribution in [2.45, 2.75) is 26.2 Å². The summed E-state index contributed by atoms with van der Waals surface area (Å²) in [6.07, 6.45) is 2.83. The molecule has 4 rings (SSSR count). The molecule has 10 heteroatoms. The van der Waals surface area contributed by atoms with Crippen LogP contribution in [0.2, 0.25) is 0 Å². The number of nitro groups is 1. The van der Waals surface area contributed by atoms with E-state index in [1.165, 1.54) is 34.4 Å². The van der Waals surface area contributed by atoms with E-state index in [1.54, 1.807) is 18.2 Å². The van der Waals surface area contributed by atoms with Crippen LogP contribution in [-0.2, 0) is 12.8 Å². The molecule has 2 aromatic heterocycles. The first-order valence-electron chi connectivity index (χ1n) is 9.88. The van der Waals surface area contributed by atoms with Crippen LogP contribution < -0.4 is 10.6 Å². The molecule has 1 aliphatic rings. The average molecular weight is 467 g/mol. The number of nitrogens with one attached hydrogen (secondary N) is 2. The molecule has 32 heavy (non-hydrogen) atoms. The number of amides is 1. The van der Waals surface area contributed by atoms with Gasteiger partial charge in [-0.3, -0.25) is 20.2 Å². The maximum Gasteiger partial charge on any atom is 0.293 e. The number of hydrogen-bond acceptors (Lipinski definition) is 7. The third-order valence-electron chi connectivity index (χ3n) is 5.27. The first-order valence-corrected chi connectivity index (χ1v) is 11.1. The fourth-order valence-corrected chi connectivity index (χ4v) is 5.33. The van der Waals surface area contributed by atoms with Crippen molar-refractivity contribution in [3.05, 3.63) is 68.3 Å². The minimum Gasteiger partial charge on any atom is -0.451 e. The Morgan fingerprint density at radius 1 is 1.34 bits per heavy atom. The predicted molar refractivity (Wildman–Crippen MR) is 125 cm³/mol. The molecule has 2 heterocycles. The standard InChI is InChI=1S/C22H18N4O4S2/c1-12-6-7-13-15(11-23)21(32-19(13)10-12)25-22(31)24-20(27)18-9-8-17(30-18)14-4-2-3-5-16(14)26(28)29/h2-5,8-9,12H,6-7,10H2,1H3,(H2,24,25,27,31)/t12-/m0/s1. The number of carbonyl (C=O) groups is 1. The minimum absolute atomic E-state index is 0.0397. The summed E-state index contributed by atoms with van der Waals surface area (Å²) in [5.41, 5.74) is 1.79. The monoisotopic (exact) mass is 466 g/mol. The molecule has 162 valence electrons. The van der Waals surface area contributed by atoms with Crippen molar-refractivity contribution in [2.24, 2.45) is 5.92 Å². The summed E-state index contributed by atoms with van der Waals surface area (Å²) >= 11 is 6.75. The fraction of sp³-hybridized carbons (Fsp3) is 0.227.